The minimum atomic E-state index is -0.816. The first-order valence-corrected chi connectivity index (χ1v) is 25.1. The molecule has 0 aliphatic carbocycles. The van der Waals surface area contributed by atoms with Gasteiger partial charge in [-0.1, -0.05) is 77.6 Å². The second-order valence-corrected chi connectivity index (χ2v) is 21.0. The number of nitrogens with one attached hydrogen (secondary N) is 1. The van der Waals surface area contributed by atoms with Crippen LogP contribution in [0.2, 0.25) is 0 Å². The Morgan fingerprint density at radius 1 is 0.806 bits per heavy atom. The van der Waals surface area contributed by atoms with Crippen LogP contribution in [0, 0.1) is 17.8 Å². The van der Waals surface area contributed by atoms with Crippen LogP contribution in [-0.2, 0) is 27.5 Å². The zero-order chi connectivity index (χ0) is 48.0. The molecule has 364 valence electrons. The molecule has 14 nitrogen and oxygen atoms in total. The number of ether oxygens (including phenoxy) is 1. The van der Waals surface area contributed by atoms with Crippen LogP contribution in [0.1, 0.15) is 133 Å². The van der Waals surface area contributed by atoms with Crippen LogP contribution in [0.15, 0.2) is 53.5 Å². The number of aryl methyl sites for hydroxylation is 1. The Morgan fingerprint density at radius 2 is 1.46 bits per heavy atom. The van der Waals surface area contributed by atoms with Gasteiger partial charge in [-0.15, -0.1) is 0 Å². The number of rotatable bonds is 16. The Kier molecular flexibility index (Phi) is 16.0. The summed E-state index contributed by atoms with van der Waals surface area (Å²) in [5.74, 6) is -0.570. The summed E-state index contributed by atoms with van der Waals surface area (Å²) in [6.07, 6.45) is 10.7. The normalized spacial score (nSPS) is 17.9. The first kappa shape index (κ1) is 49.8. The minimum absolute atomic E-state index is 0.0376. The molecule has 3 aliphatic rings. The fourth-order valence-corrected chi connectivity index (χ4v) is 10.5. The molecule has 14 heteroatoms. The van der Waals surface area contributed by atoms with Crippen molar-refractivity contribution < 1.29 is 23.9 Å². The number of piperazine rings is 1. The molecule has 3 saturated heterocycles. The summed E-state index contributed by atoms with van der Waals surface area (Å²) in [6, 6.07) is 13.0. The van der Waals surface area contributed by atoms with Crippen LogP contribution >= 0.6 is 0 Å². The van der Waals surface area contributed by atoms with Gasteiger partial charge in [0.2, 0.25) is 5.91 Å². The summed E-state index contributed by atoms with van der Waals surface area (Å²) in [5.41, 5.74) is 2.47. The van der Waals surface area contributed by atoms with Crippen molar-refractivity contribution in [1.82, 2.24) is 39.3 Å². The van der Waals surface area contributed by atoms with E-state index in [9.17, 15) is 24.0 Å². The first-order chi connectivity index (χ1) is 32.0. The number of hydrogen-bond acceptors (Lipinski definition) is 9. The first-order valence-electron chi connectivity index (χ1n) is 25.1. The van der Waals surface area contributed by atoms with Gasteiger partial charge in [0.15, 0.2) is 6.73 Å². The Bertz CT molecular complexity index is 2450. The van der Waals surface area contributed by atoms with Gasteiger partial charge in [0, 0.05) is 68.1 Å². The predicted octanol–water partition coefficient (Wildman–Crippen LogP) is 7.97. The Labute approximate surface area is 397 Å². The van der Waals surface area contributed by atoms with Gasteiger partial charge in [-0.25, -0.2) is 4.79 Å². The largest absolute Gasteiger partial charge is 0.443 e. The highest BCUT2D eigenvalue weighted by Crippen LogP contribution is 2.32. The van der Waals surface area contributed by atoms with E-state index in [1.165, 1.54) is 0 Å². The number of nitrogens with zero attached hydrogens (tertiary/aromatic N) is 7. The lowest BCUT2D eigenvalue weighted by atomic mass is 9.86. The number of benzene rings is 2. The van der Waals surface area contributed by atoms with E-state index in [1.54, 1.807) is 20.3 Å². The zero-order valence-corrected chi connectivity index (χ0v) is 41.6. The maximum absolute atomic E-state index is 14.6. The van der Waals surface area contributed by atoms with Gasteiger partial charge < -0.3 is 24.8 Å². The average molecular weight is 921 g/mol. The molecule has 5 heterocycles. The number of fused-ring (bicyclic) bond motifs is 2. The molecule has 0 bridgehead atoms. The Balaban J connectivity index is 1.07. The lowest BCUT2D eigenvalue weighted by Crippen LogP contribution is -2.59. The molecule has 2 aromatic heterocycles. The molecular formula is C53H76N8O6. The van der Waals surface area contributed by atoms with Crippen LogP contribution in [-0.4, -0.2) is 129 Å². The fourth-order valence-electron chi connectivity index (χ4n) is 10.5. The third-order valence-electron chi connectivity index (χ3n) is 15.0. The van der Waals surface area contributed by atoms with E-state index in [-0.39, 0.29) is 48.4 Å². The standard InChI is InChI=1S/C53H76N8O6/c1-9-11-21-52(4,5)49(64)61-46-37(3)31-38(32-41(46)35-54-61)33-44(48(63)58-29-27-57(28-30-58)42-19-23-56(8)24-20-42)55-51(66)59-25-17-39(18-26-59)43-34-40-15-13-14-16-45(40)60(47(43)62)36-67-50(65)53(6,7)22-12-10-2/h13-16,31-32,34-35,39,42,44H,9-12,17-30,33,36H2,1-8H3,(H,55,66). The molecule has 3 fully saturated rings. The smallest absolute Gasteiger partial charge is 0.318 e. The molecule has 4 aromatic rings. The number of carbonyl (C=O) groups is 4. The van der Waals surface area contributed by atoms with Crippen molar-refractivity contribution in [2.24, 2.45) is 10.8 Å². The summed E-state index contributed by atoms with van der Waals surface area (Å²) in [5, 5.41) is 9.46. The third kappa shape index (κ3) is 11.4. The van der Waals surface area contributed by atoms with Gasteiger partial charge in [-0.3, -0.25) is 28.6 Å². The molecule has 7 rings (SSSR count). The number of aromatic nitrogens is 3. The van der Waals surface area contributed by atoms with E-state index in [0.717, 1.165) is 98.5 Å². The number of piperidine rings is 2. The number of likely N-dealkylation sites (tertiary alicyclic amines) is 2. The van der Waals surface area contributed by atoms with E-state index in [4.69, 9.17) is 4.74 Å². The van der Waals surface area contributed by atoms with Gasteiger partial charge >= 0.3 is 12.0 Å². The van der Waals surface area contributed by atoms with Crippen molar-refractivity contribution in [1.29, 1.82) is 0 Å². The molecule has 3 aliphatic heterocycles. The molecule has 0 saturated carbocycles. The van der Waals surface area contributed by atoms with Crippen LogP contribution in [0.4, 0.5) is 4.79 Å². The second-order valence-electron chi connectivity index (χ2n) is 21.0. The summed E-state index contributed by atoms with van der Waals surface area (Å²) < 4.78 is 8.93. The van der Waals surface area contributed by atoms with E-state index < -0.39 is 16.9 Å². The maximum Gasteiger partial charge on any atom is 0.318 e. The van der Waals surface area contributed by atoms with Gasteiger partial charge in [-0.05, 0) is 120 Å². The quantitative estimate of drug-likeness (QED) is 0.111. The summed E-state index contributed by atoms with van der Waals surface area (Å²) in [7, 11) is 2.17. The van der Waals surface area contributed by atoms with Gasteiger partial charge in [0.05, 0.1) is 22.6 Å². The lowest BCUT2D eigenvalue weighted by molar-refractivity contribution is -0.158. The highest BCUT2D eigenvalue weighted by molar-refractivity contribution is 5.95. The summed E-state index contributed by atoms with van der Waals surface area (Å²) in [4.78, 5) is 78.7. The molecule has 1 atom stereocenters. The number of unbranched alkanes of at least 4 members (excludes halogenated alkanes) is 2. The van der Waals surface area contributed by atoms with Crippen molar-refractivity contribution in [3.8, 4) is 0 Å². The monoisotopic (exact) mass is 921 g/mol. The molecule has 0 spiro atoms. The Hall–Kier alpha value is -5.08. The highest BCUT2D eigenvalue weighted by atomic mass is 16.5. The third-order valence-corrected chi connectivity index (χ3v) is 15.0. The van der Waals surface area contributed by atoms with Gasteiger partial charge in [0.1, 0.15) is 6.04 Å². The molecule has 67 heavy (non-hydrogen) atoms. The van der Waals surface area contributed by atoms with E-state index in [1.807, 2.05) is 82.0 Å². The predicted molar refractivity (Wildman–Crippen MR) is 264 cm³/mol. The van der Waals surface area contributed by atoms with Crippen LogP contribution in [0.5, 0.6) is 0 Å². The number of pyridine rings is 1. The Morgan fingerprint density at radius 3 is 2.13 bits per heavy atom. The minimum Gasteiger partial charge on any atom is -0.443 e. The van der Waals surface area contributed by atoms with Crippen LogP contribution in [0.3, 0.4) is 0 Å². The summed E-state index contributed by atoms with van der Waals surface area (Å²) in [6.45, 7) is 19.5. The lowest BCUT2D eigenvalue weighted by Gasteiger charge is -2.43. The highest BCUT2D eigenvalue weighted by Gasteiger charge is 2.36. The molecule has 0 radical (unpaired) electrons. The molecule has 3 amide bonds. The van der Waals surface area contributed by atoms with Gasteiger partial charge in [0.25, 0.3) is 11.5 Å². The number of urea groups is 1. The molecule has 1 unspecified atom stereocenters. The number of para-hydroxylation sites is 1. The SMILES string of the molecule is CCCCC(C)(C)C(=O)OCn1c(=O)c(C2CCN(C(=O)NC(Cc3cc(C)c4c(cnn4C(=O)C(C)(C)CCCC)c3)C(=O)N3CCN(C4CCN(C)CC4)CC3)CC2)cc2ccccc21. The topological polar surface area (TPSA) is 142 Å². The fraction of sp³-hybridized carbons (Fsp3) is 0.623. The van der Waals surface area contributed by atoms with Crippen molar-refractivity contribution >= 4 is 45.6 Å². The molecule has 2 aromatic carbocycles. The summed E-state index contributed by atoms with van der Waals surface area (Å²) >= 11 is 0. The second kappa shape index (κ2) is 21.5. The molecular weight excluding hydrogens is 845 g/mol. The van der Waals surface area contributed by atoms with Crippen LogP contribution < -0.4 is 10.9 Å². The number of carbonyl (C=O) groups excluding carboxylic acids is 4. The van der Waals surface area contributed by atoms with E-state index in [2.05, 4.69) is 41.1 Å². The van der Waals surface area contributed by atoms with Crippen LogP contribution in [0.25, 0.3) is 21.8 Å². The maximum atomic E-state index is 14.6. The number of hydrogen-bond donors (Lipinski definition) is 1. The average Bonchev–Trinajstić information content (AvgIpc) is 3.76. The van der Waals surface area contributed by atoms with Gasteiger partial charge in [-0.2, -0.15) is 9.78 Å². The van der Waals surface area contributed by atoms with Crippen molar-refractivity contribution in [3.05, 3.63) is 75.7 Å². The van der Waals surface area contributed by atoms with Crippen molar-refractivity contribution in [2.45, 2.75) is 144 Å². The number of esters is 1. The zero-order valence-electron chi connectivity index (χ0n) is 41.6. The van der Waals surface area contributed by atoms with E-state index in [0.29, 0.717) is 62.6 Å². The van der Waals surface area contributed by atoms with Crippen molar-refractivity contribution in [2.75, 3.05) is 59.4 Å². The van der Waals surface area contributed by atoms with E-state index >= 15 is 0 Å². The number of amides is 3. The molecule has 1 N–H and O–H groups in total. The van der Waals surface area contributed by atoms with Crippen molar-refractivity contribution in [3.63, 3.8) is 0 Å².